The van der Waals surface area contributed by atoms with Crippen LogP contribution < -0.4 is 16.1 Å². The van der Waals surface area contributed by atoms with Gasteiger partial charge in [0.1, 0.15) is 23.1 Å². The molecule has 3 aromatic rings. The lowest BCUT2D eigenvalue weighted by Gasteiger charge is -2.44. The number of allylic oxidation sites excluding steroid dienone is 1. The van der Waals surface area contributed by atoms with Crippen LogP contribution in [0.5, 0.6) is 11.5 Å². The molecule has 0 bridgehead atoms. The SMILES string of the molecule is O=c1n(-c2cccc([N+](=O)[O-])c2)c(=O)n2n1CC=C1C2c2ccc(O)cc2OC12CCCC2. The maximum Gasteiger partial charge on any atom is 0.352 e. The van der Waals surface area contributed by atoms with Crippen LogP contribution in [-0.4, -0.2) is 29.6 Å². The van der Waals surface area contributed by atoms with Gasteiger partial charge in [-0.25, -0.2) is 23.5 Å². The Morgan fingerprint density at radius 1 is 1.09 bits per heavy atom. The van der Waals surface area contributed by atoms with Crippen molar-refractivity contribution < 1.29 is 14.8 Å². The molecule has 3 aliphatic rings. The smallest absolute Gasteiger partial charge is 0.352 e. The fraction of sp³-hybridized carbons (Fsp3) is 0.304. The van der Waals surface area contributed by atoms with E-state index in [1.165, 1.54) is 39.7 Å². The molecule has 0 radical (unpaired) electrons. The van der Waals surface area contributed by atoms with Crippen LogP contribution in [0.2, 0.25) is 0 Å². The Hall–Kier alpha value is -4.08. The Kier molecular flexibility index (Phi) is 3.98. The van der Waals surface area contributed by atoms with Crippen LogP contribution in [0.3, 0.4) is 0 Å². The summed E-state index contributed by atoms with van der Waals surface area (Å²) in [5.41, 5.74) is -0.167. The van der Waals surface area contributed by atoms with Crippen LogP contribution in [0.4, 0.5) is 5.69 Å². The molecule has 1 atom stereocenters. The van der Waals surface area contributed by atoms with E-state index in [1.807, 2.05) is 6.08 Å². The third-order valence-corrected chi connectivity index (χ3v) is 6.92. The molecular weight excluding hydrogens is 428 g/mol. The van der Waals surface area contributed by atoms with Crippen molar-refractivity contribution in [3.05, 3.63) is 90.8 Å². The largest absolute Gasteiger partial charge is 0.508 e. The summed E-state index contributed by atoms with van der Waals surface area (Å²) in [6, 6.07) is 9.71. The van der Waals surface area contributed by atoms with Crippen molar-refractivity contribution in [2.75, 3.05) is 0 Å². The molecule has 2 aromatic carbocycles. The number of aromatic nitrogens is 3. The number of fused-ring (bicyclic) bond motifs is 6. The normalized spacial score (nSPS) is 19.9. The molecule has 1 saturated carbocycles. The van der Waals surface area contributed by atoms with Gasteiger partial charge in [-0.2, -0.15) is 0 Å². The fourth-order valence-electron chi connectivity index (χ4n) is 5.48. The predicted octanol–water partition coefficient (Wildman–Crippen LogP) is 2.65. The average Bonchev–Trinajstić information content (AvgIpc) is 3.36. The maximum atomic E-state index is 13.7. The van der Waals surface area contributed by atoms with Crippen LogP contribution in [0.1, 0.15) is 37.3 Å². The highest BCUT2D eigenvalue weighted by atomic mass is 16.6. The van der Waals surface area contributed by atoms with Crippen molar-refractivity contribution >= 4 is 5.69 Å². The Balaban J connectivity index is 1.60. The highest BCUT2D eigenvalue weighted by Gasteiger charge is 2.50. The van der Waals surface area contributed by atoms with E-state index in [0.717, 1.165) is 35.8 Å². The molecule has 0 saturated heterocycles. The Morgan fingerprint density at radius 2 is 1.88 bits per heavy atom. The first-order chi connectivity index (χ1) is 15.9. The van der Waals surface area contributed by atoms with Crippen molar-refractivity contribution in [3.63, 3.8) is 0 Å². The number of benzene rings is 2. The van der Waals surface area contributed by atoms with Crippen molar-refractivity contribution in [1.29, 1.82) is 0 Å². The number of aromatic hydroxyl groups is 1. The van der Waals surface area contributed by atoms with Gasteiger partial charge in [-0.05, 0) is 43.9 Å². The molecule has 1 spiro atoms. The van der Waals surface area contributed by atoms with Gasteiger partial charge in [0.25, 0.3) is 5.69 Å². The minimum Gasteiger partial charge on any atom is -0.508 e. The molecule has 1 fully saturated rings. The first-order valence-electron chi connectivity index (χ1n) is 10.8. The summed E-state index contributed by atoms with van der Waals surface area (Å²) < 4.78 is 10.2. The highest BCUT2D eigenvalue weighted by Crippen LogP contribution is 2.52. The number of phenolic OH excluding ortho intramolecular Hbond substituents is 1. The molecule has 3 heterocycles. The van der Waals surface area contributed by atoms with Crippen LogP contribution in [-0.2, 0) is 6.54 Å². The van der Waals surface area contributed by atoms with Gasteiger partial charge < -0.3 is 9.84 Å². The van der Waals surface area contributed by atoms with Gasteiger partial charge in [0.05, 0.1) is 17.2 Å². The van der Waals surface area contributed by atoms with Gasteiger partial charge in [-0.3, -0.25) is 10.1 Å². The van der Waals surface area contributed by atoms with E-state index in [4.69, 9.17) is 4.74 Å². The first-order valence-corrected chi connectivity index (χ1v) is 10.8. The van der Waals surface area contributed by atoms with Gasteiger partial charge in [0.15, 0.2) is 0 Å². The number of phenols is 1. The Bertz CT molecular complexity index is 1470. The Morgan fingerprint density at radius 3 is 2.64 bits per heavy atom. The molecule has 0 amide bonds. The lowest BCUT2D eigenvalue weighted by Crippen LogP contribution is -2.48. The van der Waals surface area contributed by atoms with Crippen molar-refractivity contribution in [1.82, 2.24) is 13.9 Å². The second-order valence-corrected chi connectivity index (χ2v) is 8.69. The molecule has 1 aromatic heterocycles. The summed E-state index contributed by atoms with van der Waals surface area (Å²) in [7, 11) is 0. The third kappa shape index (κ3) is 2.66. The van der Waals surface area contributed by atoms with E-state index in [-0.39, 0.29) is 23.7 Å². The molecule has 10 heteroatoms. The van der Waals surface area contributed by atoms with Crippen molar-refractivity contribution in [2.45, 2.75) is 43.9 Å². The number of nitrogens with zero attached hydrogens (tertiary/aromatic N) is 4. The summed E-state index contributed by atoms with van der Waals surface area (Å²) in [6.45, 7) is 0.195. The highest BCUT2D eigenvalue weighted by molar-refractivity contribution is 5.52. The molecule has 168 valence electrons. The summed E-state index contributed by atoms with van der Waals surface area (Å²) in [5, 5.41) is 21.3. The number of ether oxygens (including phenoxy) is 1. The summed E-state index contributed by atoms with van der Waals surface area (Å²) in [6.07, 6.45) is 5.50. The number of rotatable bonds is 2. The molecule has 6 rings (SSSR count). The number of hydrogen-bond acceptors (Lipinski definition) is 6. The third-order valence-electron chi connectivity index (χ3n) is 6.92. The zero-order valence-electron chi connectivity index (χ0n) is 17.5. The Labute approximate surface area is 186 Å². The van der Waals surface area contributed by atoms with Gasteiger partial charge in [-0.15, -0.1) is 0 Å². The number of nitro groups is 1. The van der Waals surface area contributed by atoms with Gasteiger partial charge in [0, 0.05) is 29.3 Å². The fourth-order valence-corrected chi connectivity index (χ4v) is 5.48. The minimum absolute atomic E-state index is 0.0593. The van der Waals surface area contributed by atoms with Gasteiger partial charge in [-0.1, -0.05) is 12.1 Å². The van der Waals surface area contributed by atoms with E-state index < -0.39 is 27.9 Å². The number of hydrogen-bond donors (Lipinski definition) is 1. The van der Waals surface area contributed by atoms with Crippen LogP contribution in [0.15, 0.2) is 63.7 Å². The van der Waals surface area contributed by atoms with Crippen LogP contribution >= 0.6 is 0 Å². The standard InChI is InChI=1S/C23H20N4O6/c28-16-6-7-17-19(13-16)33-23(9-1-2-10-23)18-8-11-24-21(29)25(22(30)26(24)20(17)18)14-4-3-5-15(12-14)27(31)32/h3-8,12-13,20,28H,1-2,9-11H2. The van der Waals surface area contributed by atoms with Gasteiger partial charge in [0.2, 0.25) is 0 Å². The van der Waals surface area contributed by atoms with Crippen LogP contribution in [0, 0.1) is 10.1 Å². The predicted molar refractivity (Wildman–Crippen MR) is 117 cm³/mol. The molecular formula is C23H20N4O6. The lowest BCUT2D eigenvalue weighted by molar-refractivity contribution is -0.384. The molecule has 33 heavy (non-hydrogen) atoms. The number of non-ortho nitro benzene ring substituents is 1. The quantitative estimate of drug-likeness (QED) is 0.365. The molecule has 2 aliphatic heterocycles. The lowest BCUT2D eigenvalue weighted by atomic mass is 9.79. The molecule has 10 nitrogen and oxygen atoms in total. The van der Waals surface area contributed by atoms with E-state index in [2.05, 4.69) is 0 Å². The van der Waals surface area contributed by atoms with Crippen molar-refractivity contribution in [3.8, 4) is 17.2 Å². The molecule has 1 aliphatic carbocycles. The summed E-state index contributed by atoms with van der Waals surface area (Å²) in [5.74, 6) is 0.555. The molecule has 1 unspecified atom stereocenters. The zero-order valence-corrected chi connectivity index (χ0v) is 17.5. The van der Waals surface area contributed by atoms with E-state index in [9.17, 15) is 24.8 Å². The maximum absolute atomic E-state index is 13.7. The average molecular weight is 448 g/mol. The topological polar surface area (TPSA) is 122 Å². The van der Waals surface area contributed by atoms with E-state index in [0.29, 0.717) is 11.3 Å². The first kappa shape index (κ1) is 19.6. The second kappa shape index (κ2) is 6.71. The summed E-state index contributed by atoms with van der Waals surface area (Å²) in [4.78, 5) is 37.6. The van der Waals surface area contributed by atoms with E-state index >= 15 is 0 Å². The van der Waals surface area contributed by atoms with Gasteiger partial charge >= 0.3 is 11.4 Å². The monoisotopic (exact) mass is 448 g/mol. The summed E-state index contributed by atoms with van der Waals surface area (Å²) >= 11 is 0. The minimum atomic E-state index is -0.584. The zero-order chi connectivity index (χ0) is 22.9. The second-order valence-electron chi connectivity index (χ2n) is 8.69. The number of nitro benzene ring substituents is 1. The van der Waals surface area contributed by atoms with Crippen LogP contribution in [0.25, 0.3) is 5.69 Å². The molecule has 1 N–H and O–H groups in total. The van der Waals surface area contributed by atoms with E-state index in [1.54, 1.807) is 12.1 Å². The van der Waals surface area contributed by atoms with Crippen molar-refractivity contribution in [2.24, 2.45) is 0 Å².